The third kappa shape index (κ3) is 2.65. The number of hydrogen-bond donors (Lipinski definition) is 1. The van der Waals surface area contributed by atoms with Crippen molar-refractivity contribution in [1.82, 2.24) is 10.3 Å². The van der Waals surface area contributed by atoms with Crippen molar-refractivity contribution < 1.29 is 0 Å². The van der Waals surface area contributed by atoms with Crippen molar-refractivity contribution in [3.63, 3.8) is 0 Å². The maximum Gasteiger partial charge on any atom is 0.157 e. The Morgan fingerprint density at radius 1 is 1.35 bits per heavy atom. The van der Waals surface area contributed by atoms with Gasteiger partial charge in [-0.2, -0.15) is 0 Å². The molecule has 0 amide bonds. The van der Waals surface area contributed by atoms with Crippen LogP contribution in [0.15, 0.2) is 16.6 Å². The lowest BCUT2D eigenvalue weighted by Crippen LogP contribution is -2.45. The molecule has 0 atom stereocenters. The molecule has 1 N–H and O–H groups in total. The number of aliphatic imine (C=N–C) groups is 1. The summed E-state index contributed by atoms with van der Waals surface area (Å²) in [6.45, 7) is 0.725. The molecule has 2 aliphatic rings. The van der Waals surface area contributed by atoms with E-state index in [1.54, 1.807) is 11.3 Å². The second-order valence-corrected chi connectivity index (χ2v) is 6.75. The Morgan fingerprint density at radius 3 is 3.00 bits per heavy atom. The molecule has 0 radical (unpaired) electrons. The SMILES string of the molecule is c1csc(CN=C2NC3(CCCCC3)CS2)n1. The van der Waals surface area contributed by atoms with E-state index in [-0.39, 0.29) is 0 Å². The van der Waals surface area contributed by atoms with E-state index in [9.17, 15) is 0 Å². The van der Waals surface area contributed by atoms with Crippen LogP contribution in [0.4, 0.5) is 0 Å². The maximum absolute atomic E-state index is 4.63. The Bertz CT molecular complexity index is 394. The van der Waals surface area contributed by atoms with Gasteiger partial charge in [-0.1, -0.05) is 31.0 Å². The fourth-order valence-corrected chi connectivity index (χ4v) is 4.32. The second kappa shape index (κ2) is 4.98. The van der Waals surface area contributed by atoms with Crippen LogP contribution < -0.4 is 5.32 Å². The van der Waals surface area contributed by atoms with E-state index in [1.165, 1.54) is 37.9 Å². The second-order valence-electron chi connectivity index (χ2n) is 4.80. The molecule has 17 heavy (non-hydrogen) atoms. The number of thioether (sulfide) groups is 1. The summed E-state index contributed by atoms with van der Waals surface area (Å²) in [5.41, 5.74) is 0.366. The Labute approximate surface area is 110 Å². The van der Waals surface area contributed by atoms with Crippen molar-refractivity contribution in [2.45, 2.75) is 44.2 Å². The van der Waals surface area contributed by atoms with E-state index in [2.05, 4.69) is 15.3 Å². The Morgan fingerprint density at radius 2 is 2.24 bits per heavy atom. The van der Waals surface area contributed by atoms with Gasteiger partial charge in [-0.05, 0) is 12.8 Å². The van der Waals surface area contributed by atoms with Gasteiger partial charge in [0.2, 0.25) is 0 Å². The Hall–Kier alpha value is -0.550. The molecule has 1 saturated heterocycles. The van der Waals surface area contributed by atoms with E-state index >= 15 is 0 Å². The van der Waals surface area contributed by atoms with Crippen LogP contribution in [0.1, 0.15) is 37.1 Å². The summed E-state index contributed by atoms with van der Waals surface area (Å²) < 4.78 is 0. The van der Waals surface area contributed by atoms with Gasteiger partial charge < -0.3 is 5.32 Å². The standard InChI is InChI=1S/C12H17N3S2/c1-2-4-12(5-3-1)9-17-11(15-12)14-8-10-13-6-7-16-10/h6-7H,1-5,8-9H2,(H,14,15). The molecule has 3 nitrogen and oxygen atoms in total. The van der Waals surface area contributed by atoms with Crippen LogP contribution in [0.2, 0.25) is 0 Å². The van der Waals surface area contributed by atoms with Crippen LogP contribution >= 0.6 is 23.1 Å². The van der Waals surface area contributed by atoms with Gasteiger partial charge in [0.1, 0.15) is 5.01 Å². The van der Waals surface area contributed by atoms with E-state index in [0.717, 1.165) is 16.7 Å². The van der Waals surface area contributed by atoms with Crippen molar-refractivity contribution in [3.05, 3.63) is 16.6 Å². The zero-order chi connectivity index (χ0) is 11.6. The first-order chi connectivity index (χ1) is 8.36. The molecular weight excluding hydrogens is 250 g/mol. The lowest BCUT2D eigenvalue weighted by molar-refractivity contribution is 0.303. The number of hydrogen-bond acceptors (Lipinski definition) is 4. The number of thiazole rings is 1. The molecule has 0 bridgehead atoms. The summed E-state index contributed by atoms with van der Waals surface area (Å²) in [4.78, 5) is 8.89. The first kappa shape index (κ1) is 11.5. The maximum atomic E-state index is 4.63. The molecule has 2 heterocycles. The molecule has 1 saturated carbocycles. The average Bonchev–Trinajstić information content (AvgIpc) is 2.98. The minimum atomic E-state index is 0.366. The lowest BCUT2D eigenvalue weighted by Gasteiger charge is -2.32. The van der Waals surface area contributed by atoms with Crippen LogP contribution in [0.25, 0.3) is 0 Å². The highest BCUT2D eigenvalue weighted by atomic mass is 32.2. The third-order valence-electron chi connectivity index (χ3n) is 3.51. The highest BCUT2D eigenvalue weighted by molar-refractivity contribution is 8.14. The topological polar surface area (TPSA) is 37.3 Å². The molecule has 5 heteroatoms. The zero-order valence-corrected chi connectivity index (χ0v) is 11.4. The van der Waals surface area contributed by atoms with E-state index in [1.807, 2.05) is 23.3 Å². The van der Waals surface area contributed by atoms with Gasteiger partial charge in [-0.3, -0.25) is 4.99 Å². The minimum absolute atomic E-state index is 0.366. The summed E-state index contributed by atoms with van der Waals surface area (Å²) in [7, 11) is 0. The van der Waals surface area contributed by atoms with E-state index < -0.39 is 0 Å². The number of aromatic nitrogens is 1. The van der Waals surface area contributed by atoms with Gasteiger partial charge in [0.25, 0.3) is 0 Å². The highest BCUT2D eigenvalue weighted by Gasteiger charge is 2.37. The molecule has 1 aliphatic carbocycles. The molecule has 1 aromatic rings. The summed E-state index contributed by atoms with van der Waals surface area (Å²) in [6, 6.07) is 0. The summed E-state index contributed by atoms with van der Waals surface area (Å²) in [5, 5.41) is 7.89. The molecule has 1 spiro atoms. The van der Waals surface area contributed by atoms with Crippen LogP contribution in [0.3, 0.4) is 0 Å². The molecule has 0 aromatic carbocycles. The lowest BCUT2D eigenvalue weighted by atomic mass is 9.83. The largest absolute Gasteiger partial charge is 0.359 e. The van der Waals surface area contributed by atoms with E-state index in [0.29, 0.717) is 5.54 Å². The summed E-state index contributed by atoms with van der Waals surface area (Å²) >= 11 is 3.56. The fraction of sp³-hybridized carbons (Fsp3) is 0.667. The first-order valence-corrected chi connectivity index (χ1v) is 8.07. The molecule has 0 unspecified atom stereocenters. The third-order valence-corrected chi connectivity index (χ3v) is 5.48. The number of nitrogens with one attached hydrogen (secondary N) is 1. The molecule has 2 fully saturated rings. The van der Waals surface area contributed by atoms with Gasteiger partial charge in [-0.25, -0.2) is 4.98 Å². The number of nitrogens with zero attached hydrogens (tertiary/aromatic N) is 2. The van der Waals surface area contributed by atoms with Crippen molar-refractivity contribution in [1.29, 1.82) is 0 Å². The van der Waals surface area contributed by atoms with Crippen molar-refractivity contribution >= 4 is 28.3 Å². The summed E-state index contributed by atoms with van der Waals surface area (Å²) in [5.74, 6) is 1.20. The van der Waals surface area contributed by atoms with E-state index in [4.69, 9.17) is 0 Å². The number of rotatable bonds is 2. The Kier molecular flexibility index (Phi) is 3.38. The fourth-order valence-electron chi connectivity index (χ4n) is 2.56. The Balaban J connectivity index is 1.61. The van der Waals surface area contributed by atoms with Crippen LogP contribution in [0, 0.1) is 0 Å². The van der Waals surface area contributed by atoms with Crippen molar-refractivity contribution in [3.8, 4) is 0 Å². The molecular formula is C12H17N3S2. The normalized spacial score (nSPS) is 25.3. The summed E-state index contributed by atoms with van der Waals surface area (Å²) in [6.07, 6.45) is 8.62. The van der Waals surface area contributed by atoms with Gasteiger partial charge in [0.15, 0.2) is 5.17 Å². The average molecular weight is 267 g/mol. The molecule has 92 valence electrons. The van der Waals surface area contributed by atoms with Gasteiger partial charge in [0.05, 0.1) is 6.54 Å². The van der Waals surface area contributed by atoms with Gasteiger partial charge in [0, 0.05) is 22.9 Å². The molecule has 1 aliphatic heterocycles. The smallest absolute Gasteiger partial charge is 0.157 e. The highest BCUT2D eigenvalue weighted by Crippen LogP contribution is 2.36. The zero-order valence-electron chi connectivity index (χ0n) is 9.82. The molecule has 1 aromatic heterocycles. The van der Waals surface area contributed by atoms with Crippen LogP contribution in [-0.4, -0.2) is 21.4 Å². The molecule has 3 rings (SSSR count). The van der Waals surface area contributed by atoms with Gasteiger partial charge in [-0.15, -0.1) is 11.3 Å². The van der Waals surface area contributed by atoms with Crippen molar-refractivity contribution in [2.24, 2.45) is 4.99 Å². The van der Waals surface area contributed by atoms with Gasteiger partial charge >= 0.3 is 0 Å². The van der Waals surface area contributed by atoms with Crippen LogP contribution in [-0.2, 0) is 6.54 Å². The monoisotopic (exact) mass is 267 g/mol. The predicted octanol–water partition coefficient (Wildman–Crippen LogP) is 3.04. The number of amidine groups is 1. The predicted molar refractivity (Wildman–Crippen MR) is 74.7 cm³/mol. The van der Waals surface area contributed by atoms with Crippen LogP contribution in [0.5, 0.6) is 0 Å². The first-order valence-electron chi connectivity index (χ1n) is 6.20. The quantitative estimate of drug-likeness (QED) is 0.895. The van der Waals surface area contributed by atoms with Crippen molar-refractivity contribution in [2.75, 3.05) is 5.75 Å². The minimum Gasteiger partial charge on any atom is -0.359 e.